The van der Waals surface area contributed by atoms with Gasteiger partial charge >= 0.3 is 0 Å². The van der Waals surface area contributed by atoms with Crippen LogP contribution in [0.2, 0.25) is 0 Å². The van der Waals surface area contributed by atoms with Gasteiger partial charge in [0.05, 0.1) is 23.1 Å². The monoisotopic (exact) mass is 346 g/mol. The summed E-state index contributed by atoms with van der Waals surface area (Å²) in [6.07, 6.45) is 2.59. The van der Waals surface area contributed by atoms with Crippen LogP contribution in [0.3, 0.4) is 0 Å². The summed E-state index contributed by atoms with van der Waals surface area (Å²) in [7, 11) is 0. The summed E-state index contributed by atoms with van der Waals surface area (Å²) in [6.45, 7) is 2.10. The second-order valence-corrected chi connectivity index (χ2v) is 6.66. The van der Waals surface area contributed by atoms with Gasteiger partial charge in [0.25, 0.3) is 0 Å². The lowest BCUT2D eigenvalue weighted by Gasteiger charge is -2.19. The van der Waals surface area contributed by atoms with E-state index < -0.39 is 0 Å². The van der Waals surface area contributed by atoms with E-state index in [9.17, 15) is 14.9 Å². The van der Waals surface area contributed by atoms with Crippen LogP contribution in [-0.2, 0) is 9.59 Å². The third kappa shape index (κ3) is 2.18. The average molecular weight is 347 g/mol. The van der Waals surface area contributed by atoms with E-state index in [1.807, 2.05) is 0 Å². The molecule has 4 nitrogen and oxygen atoms in total. The van der Waals surface area contributed by atoms with Crippen molar-refractivity contribution in [2.45, 2.75) is 26.2 Å². The van der Waals surface area contributed by atoms with E-state index >= 15 is 0 Å². The maximum absolute atomic E-state index is 12.6. The maximum atomic E-state index is 12.6. The van der Waals surface area contributed by atoms with Crippen molar-refractivity contribution in [2.75, 3.05) is 4.90 Å². The minimum atomic E-state index is -0.201. The molecule has 2 unspecified atom stereocenters. The lowest BCUT2D eigenvalue weighted by Crippen LogP contribution is -2.32. The van der Waals surface area contributed by atoms with Gasteiger partial charge in [0, 0.05) is 4.47 Å². The van der Waals surface area contributed by atoms with E-state index in [1.165, 1.54) is 4.90 Å². The van der Waals surface area contributed by atoms with Crippen molar-refractivity contribution < 1.29 is 9.59 Å². The van der Waals surface area contributed by atoms with Crippen molar-refractivity contribution in [1.82, 2.24) is 0 Å². The fourth-order valence-corrected chi connectivity index (χ4v) is 3.83. The molecule has 1 aliphatic carbocycles. The highest BCUT2D eigenvalue weighted by Gasteiger charge is 2.53. The number of halogens is 1. The molecule has 2 amide bonds. The molecule has 1 aromatic carbocycles. The van der Waals surface area contributed by atoms with E-state index in [2.05, 4.69) is 28.9 Å². The van der Waals surface area contributed by atoms with Gasteiger partial charge in [-0.05, 0) is 37.0 Å². The minimum absolute atomic E-state index is 0.143. The van der Waals surface area contributed by atoms with Gasteiger partial charge < -0.3 is 0 Å². The Bertz CT molecular complexity index is 641. The molecule has 5 heteroatoms. The lowest BCUT2D eigenvalue weighted by molar-refractivity contribution is -0.123. The van der Waals surface area contributed by atoms with E-state index in [0.29, 0.717) is 17.2 Å². The number of anilines is 1. The highest BCUT2D eigenvalue weighted by atomic mass is 79.9. The largest absolute Gasteiger partial charge is 0.274 e. The Balaban J connectivity index is 1.99. The summed E-state index contributed by atoms with van der Waals surface area (Å²) in [5.41, 5.74) is 0.760. The van der Waals surface area contributed by atoms with Gasteiger partial charge in [0.15, 0.2) is 0 Å². The first kappa shape index (κ1) is 14.3. The molecular weight excluding hydrogens is 332 g/mol. The average Bonchev–Trinajstić information content (AvgIpc) is 2.99. The second-order valence-electron chi connectivity index (χ2n) is 5.74. The standard InChI is InChI=1S/C16H15BrN2O2/c1-2-9-5-12-13(6-9)16(21)19(15(12)20)14-7-11(17)4-3-10(14)8-18/h3-4,7,9,12-13H,2,5-6H2,1H3. The molecule has 2 fully saturated rings. The van der Waals surface area contributed by atoms with Crippen LogP contribution in [0.25, 0.3) is 0 Å². The fraction of sp³-hybridized carbons (Fsp3) is 0.438. The number of imide groups is 1. The Morgan fingerprint density at radius 2 is 1.90 bits per heavy atom. The first-order valence-electron chi connectivity index (χ1n) is 7.14. The maximum Gasteiger partial charge on any atom is 0.237 e. The van der Waals surface area contributed by atoms with Crippen LogP contribution >= 0.6 is 15.9 Å². The molecule has 0 N–H and O–H groups in total. The zero-order chi connectivity index (χ0) is 15.1. The van der Waals surface area contributed by atoms with Crippen LogP contribution in [0, 0.1) is 29.1 Å². The van der Waals surface area contributed by atoms with Crippen LogP contribution in [0.5, 0.6) is 0 Å². The molecule has 3 rings (SSSR count). The van der Waals surface area contributed by atoms with E-state index in [1.54, 1.807) is 18.2 Å². The lowest BCUT2D eigenvalue weighted by atomic mass is 10.00. The second kappa shape index (κ2) is 5.27. The molecule has 0 aromatic heterocycles. The van der Waals surface area contributed by atoms with Gasteiger partial charge in [-0.25, -0.2) is 4.90 Å². The number of benzene rings is 1. The van der Waals surface area contributed by atoms with Gasteiger partial charge in [-0.3, -0.25) is 9.59 Å². The third-order valence-corrected chi connectivity index (χ3v) is 5.13. The van der Waals surface area contributed by atoms with Gasteiger partial charge in [0.2, 0.25) is 11.8 Å². The molecule has 1 heterocycles. The Morgan fingerprint density at radius 1 is 1.29 bits per heavy atom. The van der Waals surface area contributed by atoms with Crippen LogP contribution in [0.1, 0.15) is 31.7 Å². The molecule has 0 bridgehead atoms. The zero-order valence-corrected chi connectivity index (χ0v) is 13.3. The molecule has 1 saturated heterocycles. The predicted octanol–water partition coefficient (Wildman–Crippen LogP) is 3.25. The van der Waals surface area contributed by atoms with Crippen LogP contribution in [0.4, 0.5) is 5.69 Å². The number of rotatable bonds is 2. The normalized spacial score (nSPS) is 27.9. The third-order valence-electron chi connectivity index (χ3n) is 4.63. The number of amides is 2. The SMILES string of the molecule is CCC1CC2C(=O)N(c3cc(Br)ccc3C#N)C(=O)C2C1. The number of carbonyl (C=O) groups is 2. The smallest absolute Gasteiger partial charge is 0.237 e. The summed E-state index contributed by atoms with van der Waals surface area (Å²) < 4.78 is 0.751. The summed E-state index contributed by atoms with van der Waals surface area (Å²) in [5, 5.41) is 9.21. The first-order valence-corrected chi connectivity index (χ1v) is 7.93. The number of hydrogen-bond donors (Lipinski definition) is 0. The van der Waals surface area contributed by atoms with E-state index in [-0.39, 0.29) is 23.7 Å². The molecule has 0 radical (unpaired) electrons. The van der Waals surface area contributed by atoms with Gasteiger partial charge in [0.1, 0.15) is 6.07 Å². The quantitative estimate of drug-likeness (QED) is 0.772. The van der Waals surface area contributed by atoms with Gasteiger partial charge in [-0.15, -0.1) is 0 Å². The number of nitrogens with zero attached hydrogens (tertiary/aromatic N) is 2. The number of fused-ring (bicyclic) bond motifs is 1. The van der Waals surface area contributed by atoms with E-state index in [0.717, 1.165) is 23.7 Å². The van der Waals surface area contributed by atoms with Gasteiger partial charge in [-0.1, -0.05) is 29.3 Å². The summed E-state index contributed by atoms with van der Waals surface area (Å²) in [5.74, 6) is -0.222. The molecule has 21 heavy (non-hydrogen) atoms. The number of hydrogen-bond acceptors (Lipinski definition) is 3. The van der Waals surface area contributed by atoms with Crippen molar-refractivity contribution in [3.63, 3.8) is 0 Å². The molecule has 1 saturated carbocycles. The molecule has 108 valence electrons. The van der Waals surface area contributed by atoms with E-state index in [4.69, 9.17) is 0 Å². The van der Waals surface area contributed by atoms with Crippen molar-refractivity contribution in [3.05, 3.63) is 28.2 Å². The Labute approximate surface area is 131 Å². The zero-order valence-electron chi connectivity index (χ0n) is 11.7. The highest BCUT2D eigenvalue weighted by Crippen LogP contribution is 2.46. The van der Waals surface area contributed by atoms with Crippen molar-refractivity contribution in [2.24, 2.45) is 17.8 Å². The predicted molar refractivity (Wildman–Crippen MR) is 81.3 cm³/mol. The summed E-state index contributed by atoms with van der Waals surface area (Å²) >= 11 is 3.34. The Morgan fingerprint density at radius 3 is 2.43 bits per heavy atom. The van der Waals surface area contributed by atoms with Crippen molar-refractivity contribution in [1.29, 1.82) is 5.26 Å². The highest BCUT2D eigenvalue weighted by molar-refractivity contribution is 9.10. The molecule has 1 aliphatic heterocycles. The minimum Gasteiger partial charge on any atom is -0.274 e. The number of carbonyl (C=O) groups excluding carboxylic acids is 2. The van der Waals surface area contributed by atoms with Crippen molar-refractivity contribution in [3.8, 4) is 6.07 Å². The first-order chi connectivity index (χ1) is 10.1. The molecule has 0 spiro atoms. The molecule has 1 aromatic rings. The molecule has 2 atom stereocenters. The molecule has 2 aliphatic rings. The summed E-state index contributed by atoms with van der Waals surface area (Å²) in [6, 6.07) is 7.10. The fourth-order valence-electron chi connectivity index (χ4n) is 3.48. The Hall–Kier alpha value is -1.67. The van der Waals surface area contributed by atoms with Crippen LogP contribution in [0.15, 0.2) is 22.7 Å². The topological polar surface area (TPSA) is 61.2 Å². The Kier molecular flexibility index (Phi) is 3.58. The number of nitriles is 1. The van der Waals surface area contributed by atoms with Crippen LogP contribution in [-0.4, -0.2) is 11.8 Å². The summed E-state index contributed by atoms with van der Waals surface area (Å²) in [4.78, 5) is 26.5. The van der Waals surface area contributed by atoms with Crippen molar-refractivity contribution >= 4 is 33.4 Å². The van der Waals surface area contributed by atoms with Gasteiger partial charge in [-0.2, -0.15) is 5.26 Å². The molecular formula is C16H15BrN2O2. The van der Waals surface area contributed by atoms with Crippen LogP contribution < -0.4 is 4.90 Å².